The normalized spacial score (nSPS) is 23.9. The molecule has 1 N–H and O–H groups in total. The lowest BCUT2D eigenvalue weighted by Gasteiger charge is -2.20. The molecule has 16 heavy (non-hydrogen) atoms. The zero-order valence-electron chi connectivity index (χ0n) is 9.54. The molecule has 0 spiro atoms. The van der Waals surface area contributed by atoms with E-state index in [1.807, 2.05) is 0 Å². The molecule has 1 unspecified atom stereocenters. The number of benzene rings is 1. The third-order valence-corrected chi connectivity index (χ3v) is 3.71. The second-order valence-electron chi connectivity index (χ2n) is 4.87. The van der Waals surface area contributed by atoms with Gasteiger partial charge in [-0.25, -0.2) is 0 Å². The van der Waals surface area contributed by atoms with E-state index in [1.54, 1.807) is 0 Å². The molecular weight excluding hydrogens is 200 g/mol. The van der Waals surface area contributed by atoms with Crippen LogP contribution in [0.3, 0.4) is 0 Å². The van der Waals surface area contributed by atoms with E-state index in [9.17, 15) is 5.11 Å². The molecule has 0 fully saturated rings. The lowest BCUT2D eigenvalue weighted by Crippen LogP contribution is -2.06. The second-order valence-corrected chi connectivity index (χ2v) is 4.87. The first-order chi connectivity index (χ1) is 7.84. The molecule has 1 aliphatic heterocycles. The standard InChI is InChI=1S/C14H18O2/c15-13-6-3-7-16-14-9-11-5-2-1-4-10(11)8-12(13)14/h8-9,13,15H,1-7H2. The topological polar surface area (TPSA) is 29.5 Å². The van der Waals surface area contributed by atoms with Crippen molar-refractivity contribution < 1.29 is 9.84 Å². The molecule has 86 valence electrons. The van der Waals surface area contributed by atoms with Crippen molar-refractivity contribution in [1.82, 2.24) is 0 Å². The third kappa shape index (κ3) is 1.71. The molecule has 0 saturated heterocycles. The van der Waals surface area contributed by atoms with E-state index in [0.29, 0.717) is 0 Å². The molecule has 1 aromatic rings. The van der Waals surface area contributed by atoms with Crippen molar-refractivity contribution in [3.05, 3.63) is 28.8 Å². The summed E-state index contributed by atoms with van der Waals surface area (Å²) in [6.45, 7) is 0.739. The summed E-state index contributed by atoms with van der Waals surface area (Å²) in [5, 5.41) is 10.1. The molecule has 2 aliphatic rings. The van der Waals surface area contributed by atoms with Crippen LogP contribution in [0, 0.1) is 0 Å². The van der Waals surface area contributed by atoms with Crippen molar-refractivity contribution in [2.24, 2.45) is 0 Å². The fourth-order valence-electron chi connectivity index (χ4n) is 2.78. The van der Waals surface area contributed by atoms with E-state index >= 15 is 0 Å². The van der Waals surface area contributed by atoms with Gasteiger partial charge in [-0.1, -0.05) is 0 Å². The minimum atomic E-state index is -0.329. The van der Waals surface area contributed by atoms with E-state index in [-0.39, 0.29) is 6.10 Å². The predicted molar refractivity (Wildman–Crippen MR) is 62.8 cm³/mol. The summed E-state index contributed by atoms with van der Waals surface area (Å²) in [6.07, 6.45) is 6.34. The van der Waals surface area contributed by atoms with E-state index in [1.165, 1.54) is 30.4 Å². The summed E-state index contributed by atoms with van der Waals surface area (Å²) >= 11 is 0. The number of fused-ring (bicyclic) bond motifs is 2. The molecular formula is C14H18O2. The number of aryl methyl sites for hydroxylation is 2. The van der Waals surface area contributed by atoms with Crippen LogP contribution in [0.5, 0.6) is 5.75 Å². The maximum absolute atomic E-state index is 10.1. The highest BCUT2D eigenvalue weighted by Crippen LogP contribution is 2.36. The summed E-state index contributed by atoms with van der Waals surface area (Å²) in [6, 6.07) is 4.35. The van der Waals surface area contributed by atoms with E-state index in [4.69, 9.17) is 4.74 Å². The number of ether oxygens (including phenoxy) is 1. The van der Waals surface area contributed by atoms with Gasteiger partial charge in [-0.2, -0.15) is 0 Å². The Morgan fingerprint density at radius 1 is 1.06 bits per heavy atom. The maximum atomic E-state index is 10.1. The fourth-order valence-corrected chi connectivity index (χ4v) is 2.78. The summed E-state index contributed by atoms with van der Waals surface area (Å²) in [5.41, 5.74) is 3.87. The van der Waals surface area contributed by atoms with Crippen LogP contribution < -0.4 is 4.74 Å². The number of aliphatic hydroxyl groups is 1. The summed E-state index contributed by atoms with van der Waals surface area (Å²) < 4.78 is 5.72. The van der Waals surface area contributed by atoms with Gasteiger partial charge in [0.25, 0.3) is 0 Å². The first-order valence-electron chi connectivity index (χ1n) is 6.31. The molecule has 0 amide bonds. The van der Waals surface area contributed by atoms with Crippen LogP contribution in [0.4, 0.5) is 0 Å². The van der Waals surface area contributed by atoms with Crippen molar-refractivity contribution in [1.29, 1.82) is 0 Å². The van der Waals surface area contributed by atoms with E-state index in [0.717, 1.165) is 37.2 Å². The average Bonchev–Trinajstić information content (AvgIpc) is 2.49. The fraction of sp³-hybridized carbons (Fsp3) is 0.571. The minimum Gasteiger partial charge on any atom is -0.493 e. The number of aliphatic hydroxyl groups excluding tert-OH is 1. The number of hydrogen-bond acceptors (Lipinski definition) is 2. The van der Waals surface area contributed by atoms with Crippen LogP contribution in [-0.4, -0.2) is 11.7 Å². The lowest BCUT2D eigenvalue weighted by atomic mass is 9.88. The van der Waals surface area contributed by atoms with Crippen LogP contribution in [0.1, 0.15) is 48.5 Å². The Balaban J connectivity index is 2.06. The predicted octanol–water partition coefficient (Wildman–Crippen LogP) is 2.77. The van der Waals surface area contributed by atoms with Crippen LogP contribution in [0.15, 0.2) is 12.1 Å². The van der Waals surface area contributed by atoms with Gasteiger partial charge in [0, 0.05) is 5.56 Å². The van der Waals surface area contributed by atoms with Crippen LogP contribution in [0.2, 0.25) is 0 Å². The van der Waals surface area contributed by atoms with Crippen molar-refractivity contribution in [2.45, 2.75) is 44.6 Å². The molecule has 2 nitrogen and oxygen atoms in total. The van der Waals surface area contributed by atoms with Crippen molar-refractivity contribution in [2.75, 3.05) is 6.61 Å². The average molecular weight is 218 g/mol. The van der Waals surface area contributed by atoms with Gasteiger partial charge in [-0.05, 0) is 61.8 Å². The van der Waals surface area contributed by atoms with Gasteiger partial charge in [0.15, 0.2) is 0 Å². The SMILES string of the molecule is OC1CCCOc2cc3c(cc21)CCCC3. The summed E-state index contributed by atoms with van der Waals surface area (Å²) in [5.74, 6) is 0.922. The molecule has 2 heteroatoms. The van der Waals surface area contributed by atoms with Crippen molar-refractivity contribution >= 4 is 0 Å². The van der Waals surface area contributed by atoms with Gasteiger partial charge < -0.3 is 9.84 Å². The number of hydrogen-bond donors (Lipinski definition) is 1. The van der Waals surface area contributed by atoms with Crippen LogP contribution in [-0.2, 0) is 12.8 Å². The maximum Gasteiger partial charge on any atom is 0.125 e. The van der Waals surface area contributed by atoms with Crippen LogP contribution in [0.25, 0.3) is 0 Å². The molecule has 0 radical (unpaired) electrons. The van der Waals surface area contributed by atoms with Gasteiger partial charge in [-0.3, -0.25) is 0 Å². The van der Waals surface area contributed by atoms with E-state index in [2.05, 4.69) is 12.1 Å². The highest BCUT2D eigenvalue weighted by atomic mass is 16.5. The van der Waals surface area contributed by atoms with E-state index < -0.39 is 0 Å². The van der Waals surface area contributed by atoms with Gasteiger partial charge in [0.05, 0.1) is 12.7 Å². The third-order valence-electron chi connectivity index (χ3n) is 3.71. The summed E-state index contributed by atoms with van der Waals surface area (Å²) in [7, 11) is 0. The van der Waals surface area contributed by atoms with Crippen molar-refractivity contribution in [3.63, 3.8) is 0 Å². The first kappa shape index (κ1) is 10.2. The molecule has 1 aliphatic carbocycles. The first-order valence-corrected chi connectivity index (χ1v) is 6.31. The van der Waals surface area contributed by atoms with Gasteiger partial charge in [0.2, 0.25) is 0 Å². The second kappa shape index (κ2) is 4.10. The zero-order valence-corrected chi connectivity index (χ0v) is 9.54. The largest absolute Gasteiger partial charge is 0.493 e. The Kier molecular flexibility index (Phi) is 2.60. The molecule has 0 saturated carbocycles. The highest BCUT2D eigenvalue weighted by molar-refractivity contribution is 5.45. The smallest absolute Gasteiger partial charge is 0.125 e. The van der Waals surface area contributed by atoms with Gasteiger partial charge in [0.1, 0.15) is 5.75 Å². The molecule has 1 heterocycles. The zero-order chi connectivity index (χ0) is 11.0. The molecule has 1 atom stereocenters. The Labute approximate surface area is 96.2 Å². The van der Waals surface area contributed by atoms with Crippen LogP contribution >= 0.6 is 0 Å². The van der Waals surface area contributed by atoms with Gasteiger partial charge in [-0.15, -0.1) is 0 Å². The molecule has 3 rings (SSSR count). The Hall–Kier alpha value is -1.02. The Morgan fingerprint density at radius 2 is 1.81 bits per heavy atom. The monoisotopic (exact) mass is 218 g/mol. The van der Waals surface area contributed by atoms with Crippen molar-refractivity contribution in [3.8, 4) is 5.75 Å². The minimum absolute atomic E-state index is 0.329. The quantitative estimate of drug-likeness (QED) is 0.725. The highest BCUT2D eigenvalue weighted by Gasteiger charge is 2.21. The van der Waals surface area contributed by atoms with Gasteiger partial charge >= 0.3 is 0 Å². The summed E-state index contributed by atoms with van der Waals surface area (Å²) in [4.78, 5) is 0. The molecule has 0 bridgehead atoms. The lowest BCUT2D eigenvalue weighted by molar-refractivity contribution is 0.167. The Morgan fingerprint density at radius 3 is 2.62 bits per heavy atom. The number of rotatable bonds is 0. The molecule has 0 aromatic heterocycles. The molecule has 1 aromatic carbocycles. The Bertz CT molecular complexity index is 398.